The van der Waals surface area contributed by atoms with Crippen molar-refractivity contribution >= 4 is 11.9 Å². The first-order valence-electron chi connectivity index (χ1n) is 21.1. The highest BCUT2D eigenvalue weighted by Gasteiger charge is 2.17. The molecule has 0 aromatic heterocycles. The highest BCUT2D eigenvalue weighted by molar-refractivity contribution is 5.71. The lowest BCUT2D eigenvalue weighted by atomic mass is 10.1. The molecule has 0 aromatic carbocycles. The Morgan fingerprint density at radius 1 is 0.444 bits per heavy atom. The Morgan fingerprint density at radius 2 is 0.889 bits per heavy atom. The van der Waals surface area contributed by atoms with Gasteiger partial charge in [-0.15, -0.1) is 0 Å². The zero-order valence-corrected chi connectivity index (χ0v) is 34.4. The van der Waals surface area contributed by atoms with Gasteiger partial charge in [0.2, 0.25) is 0 Å². The van der Waals surface area contributed by atoms with Gasteiger partial charge in [0.05, 0.1) is 13.0 Å². The molecule has 0 N–H and O–H groups in total. The van der Waals surface area contributed by atoms with E-state index in [0.717, 1.165) is 109 Å². The molecule has 0 rings (SSSR count). The van der Waals surface area contributed by atoms with Crippen molar-refractivity contribution < 1.29 is 23.8 Å². The van der Waals surface area contributed by atoms with Gasteiger partial charge in [-0.3, -0.25) is 9.59 Å². The summed E-state index contributed by atoms with van der Waals surface area (Å²) in [6.45, 7) is 7.27. The SMILES string of the molecule is CC/C=C\C/C=C\C/C=C\C/C=C\C/C=C\CCCCOCC(COC(=O)C/C=C\C/C=C\C/C=C\C/C=C\C/C=C\CC)OC(=O)CCCCCCC. The molecule has 0 aliphatic carbocycles. The number of carbonyl (C=O) groups is 2. The molecule has 5 heteroatoms. The molecule has 0 aliphatic rings. The second-order valence-corrected chi connectivity index (χ2v) is 13.2. The first-order valence-corrected chi connectivity index (χ1v) is 21.1. The molecule has 0 saturated carbocycles. The normalized spacial score (nSPS) is 13.5. The monoisotopic (exact) mass is 745 g/mol. The lowest BCUT2D eigenvalue weighted by Crippen LogP contribution is -2.30. The van der Waals surface area contributed by atoms with E-state index in [1.165, 1.54) is 6.42 Å². The summed E-state index contributed by atoms with van der Waals surface area (Å²) in [5.41, 5.74) is 0. The van der Waals surface area contributed by atoms with Crippen LogP contribution in [-0.2, 0) is 23.8 Å². The molecule has 0 aromatic rings. The first kappa shape index (κ1) is 50.3. The summed E-state index contributed by atoms with van der Waals surface area (Å²) in [7, 11) is 0. The number of hydrogen-bond acceptors (Lipinski definition) is 5. The maximum Gasteiger partial charge on any atom is 0.309 e. The van der Waals surface area contributed by atoms with Gasteiger partial charge >= 0.3 is 11.9 Å². The van der Waals surface area contributed by atoms with E-state index in [2.05, 4.69) is 130 Å². The predicted octanol–water partition coefficient (Wildman–Crippen LogP) is 13.9. The maximum atomic E-state index is 12.5. The summed E-state index contributed by atoms with van der Waals surface area (Å²) in [4.78, 5) is 24.9. The summed E-state index contributed by atoms with van der Waals surface area (Å²) < 4.78 is 17.0. The second-order valence-electron chi connectivity index (χ2n) is 13.2. The highest BCUT2D eigenvalue weighted by Crippen LogP contribution is 2.09. The smallest absolute Gasteiger partial charge is 0.309 e. The minimum absolute atomic E-state index is 0.00511. The third kappa shape index (κ3) is 41.1. The maximum absolute atomic E-state index is 12.5. The molecule has 0 saturated heterocycles. The van der Waals surface area contributed by atoms with Crippen LogP contribution in [0.4, 0.5) is 0 Å². The van der Waals surface area contributed by atoms with Gasteiger partial charge in [0.1, 0.15) is 6.61 Å². The van der Waals surface area contributed by atoms with Gasteiger partial charge in [-0.2, -0.15) is 0 Å². The van der Waals surface area contributed by atoms with Crippen molar-refractivity contribution in [1.82, 2.24) is 0 Å². The zero-order chi connectivity index (χ0) is 39.3. The number of unbranched alkanes of at least 4 members (excludes halogenated alkanes) is 6. The third-order valence-corrected chi connectivity index (χ3v) is 8.03. The number of ether oxygens (including phenoxy) is 3. The molecule has 1 atom stereocenters. The average molecular weight is 745 g/mol. The van der Waals surface area contributed by atoms with Crippen molar-refractivity contribution in [3.63, 3.8) is 0 Å². The summed E-state index contributed by atoms with van der Waals surface area (Å²) >= 11 is 0. The van der Waals surface area contributed by atoms with E-state index in [0.29, 0.717) is 13.0 Å². The van der Waals surface area contributed by atoms with Crippen LogP contribution in [0.3, 0.4) is 0 Å². The topological polar surface area (TPSA) is 61.8 Å². The molecule has 0 spiro atoms. The quantitative estimate of drug-likeness (QED) is 0.0363. The molecule has 0 amide bonds. The Hall–Kier alpha value is -3.70. The highest BCUT2D eigenvalue weighted by atomic mass is 16.6. The van der Waals surface area contributed by atoms with Crippen LogP contribution in [0.1, 0.15) is 149 Å². The van der Waals surface area contributed by atoms with Crippen LogP contribution in [0.15, 0.2) is 122 Å². The fourth-order valence-electron chi connectivity index (χ4n) is 4.96. The van der Waals surface area contributed by atoms with Gasteiger partial charge in [0.15, 0.2) is 6.10 Å². The van der Waals surface area contributed by atoms with Crippen molar-refractivity contribution in [3.8, 4) is 0 Å². The molecule has 54 heavy (non-hydrogen) atoms. The van der Waals surface area contributed by atoms with Gasteiger partial charge in [-0.05, 0) is 89.9 Å². The summed E-state index contributed by atoms with van der Waals surface area (Å²) in [6.07, 6.45) is 61.1. The molecule has 0 aliphatic heterocycles. The summed E-state index contributed by atoms with van der Waals surface area (Å²) in [5.74, 6) is -0.596. The Morgan fingerprint density at radius 3 is 1.37 bits per heavy atom. The van der Waals surface area contributed by atoms with Crippen molar-refractivity contribution in [2.24, 2.45) is 0 Å². The number of rotatable bonds is 36. The van der Waals surface area contributed by atoms with Crippen LogP contribution in [-0.4, -0.2) is 37.9 Å². The fraction of sp³-hybridized carbons (Fsp3) is 0.551. The van der Waals surface area contributed by atoms with Gasteiger partial charge in [-0.1, -0.05) is 168 Å². The summed E-state index contributed by atoms with van der Waals surface area (Å²) in [5, 5.41) is 0. The van der Waals surface area contributed by atoms with E-state index >= 15 is 0 Å². The van der Waals surface area contributed by atoms with Crippen molar-refractivity contribution in [2.45, 2.75) is 155 Å². The molecular formula is C49H76O5. The molecule has 0 bridgehead atoms. The van der Waals surface area contributed by atoms with Crippen LogP contribution in [0.25, 0.3) is 0 Å². The first-order chi connectivity index (χ1) is 26.6. The van der Waals surface area contributed by atoms with E-state index in [1.807, 2.05) is 12.2 Å². The van der Waals surface area contributed by atoms with Gasteiger partial charge in [0, 0.05) is 13.0 Å². The molecule has 302 valence electrons. The molecule has 0 heterocycles. The van der Waals surface area contributed by atoms with Crippen LogP contribution in [0.2, 0.25) is 0 Å². The van der Waals surface area contributed by atoms with E-state index in [4.69, 9.17) is 14.2 Å². The number of carbonyl (C=O) groups excluding carboxylic acids is 2. The standard InChI is InChI=1S/C49H76O5/c1-4-7-10-13-15-17-19-21-23-24-25-27-29-31-33-35-38-41-44-52-45-47(54-49(51)43-40-36-12-9-6-3)46-53-48(50)42-39-37-34-32-30-28-26-22-20-18-16-14-11-8-5-2/h7-8,10-11,15-18,21-23,25-27,30-33,37,39,47H,4-6,9,12-14,19-20,24,28-29,34-36,38,40-46H2,1-3H3/b10-7-,11-8-,17-15-,18-16-,23-21-,26-22-,27-25-,32-30-,33-31-,39-37-. The Labute approximate surface area is 331 Å². The lowest BCUT2D eigenvalue weighted by Gasteiger charge is -2.18. The Bertz CT molecular complexity index is 1160. The van der Waals surface area contributed by atoms with E-state index in [1.54, 1.807) is 0 Å². The minimum Gasteiger partial charge on any atom is -0.461 e. The predicted molar refractivity (Wildman–Crippen MR) is 232 cm³/mol. The zero-order valence-electron chi connectivity index (χ0n) is 34.4. The Balaban J connectivity index is 4.33. The van der Waals surface area contributed by atoms with Gasteiger partial charge < -0.3 is 14.2 Å². The molecule has 0 fully saturated rings. The molecular weight excluding hydrogens is 669 g/mol. The van der Waals surface area contributed by atoms with Crippen molar-refractivity contribution in [3.05, 3.63) is 122 Å². The van der Waals surface area contributed by atoms with Crippen LogP contribution >= 0.6 is 0 Å². The minimum atomic E-state index is -0.601. The average Bonchev–Trinajstić information content (AvgIpc) is 3.17. The van der Waals surface area contributed by atoms with Crippen molar-refractivity contribution in [1.29, 1.82) is 0 Å². The second kappa shape index (κ2) is 43.7. The van der Waals surface area contributed by atoms with Crippen LogP contribution in [0, 0.1) is 0 Å². The molecule has 0 radical (unpaired) electrons. The molecule has 5 nitrogen and oxygen atoms in total. The number of allylic oxidation sites excluding steroid dienone is 19. The lowest BCUT2D eigenvalue weighted by molar-refractivity contribution is -0.162. The van der Waals surface area contributed by atoms with E-state index in [-0.39, 0.29) is 31.6 Å². The van der Waals surface area contributed by atoms with Crippen molar-refractivity contribution in [2.75, 3.05) is 19.8 Å². The Kier molecular flexibility index (Phi) is 40.7. The third-order valence-electron chi connectivity index (χ3n) is 8.03. The largest absolute Gasteiger partial charge is 0.461 e. The van der Waals surface area contributed by atoms with Gasteiger partial charge in [-0.25, -0.2) is 0 Å². The fourth-order valence-corrected chi connectivity index (χ4v) is 4.96. The number of esters is 2. The van der Waals surface area contributed by atoms with E-state index in [9.17, 15) is 9.59 Å². The van der Waals surface area contributed by atoms with E-state index < -0.39 is 6.10 Å². The number of hydrogen-bond donors (Lipinski definition) is 0. The molecule has 1 unspecified atom stereocenters. The van der Waals surface area contributed by atoms with Gasteiger partial charge in [0.25, 0.3) is 0 Å². The summed E-state index contributed by atoms with van der Waals surface area (Å²) in [6, 6.07) is 0. The van der Waals surface area contributed by atoms with Crippen LogP contribution < -0.4 is 0 Å². The van der Waals surface area contributed by atoms with Crippen LogP contribution in [0.5, 0.6) is 0 Å².